The van der Waals surface area contributed by atoms with Crippen LogP contribution in [-0.2, 0) is 4.74 Å². The summed E-state index contributed by atoms with van der Waals surface area (Å²) in [6, 6.07) is 7.36. The molecule has 5 nitrogen and oxygen atoms in total. The molecule has 1 amide bonds. The van der Waals surface area contributed by atoms with E-state index in [2.05, 4.69) is 10.6 Å². The summed E-state index contributed by atoms with van der Waals surface area (Å²) in [4.78, 5) is 12.2. The largest absolute Gasteiger partial charge is 0.491 e. The van der Waals surface area contributed by atoms with Crippen LogP contribution in [0.2, 0.25) is 0 Å². The molecule has 0 saturated carbocycles. The summed E-state index contributed by atoms with van der Waals surface area (Å²) in [5.41, 5.74) is 0.682. The quantitative estimate of drug-likeness (QED) is 0.777. The molecule has 1 aromatic rings. The fourth-order valence-electron chi connectivity index (χ4n) is 3.33. The zero-order valence-corrected chi connectivity index (χ0v) is 15.5. The van der Waals surface area contributed by atoms with E-state index >= 15 is 0 Å². The van der Waals surface area contributed by atoms with Gasteiger partial charge >= 0.3 is 0 Å². The van der Waals surface area contributed by atoms with Crippen LogP contribution in [0.1, 0.15) is 42.5 Å². The van der Waals surface area contributed by atoms with Crippen LogP contribution in [0.5, 0.6) is 5.75 Å². The molecular weight excluding hydrogens is 340 g/mol. The molecule has 1 aromatic carbocycles. The van der Waals surface area contributed by atoms with Crippen LogP contribution >= 0.6 is 12.4 Å². The number of hydrogen-bond donors (Lipinski definition) is 2. The molecule has 0 spiro atoms. The lowest BCUT2D eigenvalue weighted by Crippen LogP contribution is -2.33. The van der Waals surface area contributed by atoms with Crippen molar-refractivity contribution in [3.63, 3.8) is 0 Å². The second-order valence-electron chi connectivity index (χ2n) is 6.73. The SMILES string of the molecule is Cl.O=C(NCCC1CCCNC1)c1ccc(OCC2CCCO2)cc1. The first kappa shape index (κ1) is 20.0. The molecule has 0 radical (unpaired) electrons. The summed E-state index contributed by atoms with van der Waals surface area (Å²) in [7, 11) is 0. The molecule has 3 rings (SSSR count). The lowest BCUT2D eigenvalue weighted by atomic mass is 9.96. The summed E-state index contributed by atoms with van der Waals surface area (Å²) in [5, 5.41) is 6.42. The third-order valence-corrected chi connectivity index (χ3v) is 4.81. The highest BCUT2D eigenvalue weighted by Gasteiger charge is 2.16. The van der Waals surface area contributed by atoms with E-state index < -0.39 is 0 Å². The van der Waals surface area contributed by atoms with Gasteiger partial charge in [-0.15, -0.1) is 12.4 Å². The Labute approximate surface area is 156 Å². The van der Waals surface area contributed by atoms with Crippen LogP contribution in [0.4, 0.5) is 0 Å². The zero-order chi connectivity index (χ0) is 16.6. The van der Waals surface area contributed by atoms with E-state index in [1.165, 1.54) is 12.8 Å². The van der Waals surface area contributed by atoms with Gasteiger partial charge in [0.25, 0.3) is 5.91 Å². The molecule has 2 heterocycles. The van der Waals surface area contributed by atoms with E-state index in [4.69, 9.17) is 9.47 Å². The van der Waals surface area contributed by atoms with Crippen LogP contribution < -0.4 is 15.4 Å². The molecule has 2 aliphatic rings. The normalized spacial score (nSPS) is 22.9. The summed E-state index contributed by atoms with van der Waals surface area (Å²) in [6.45, 7) is 4.37. The maximum atomic E-state index is 12.2. The molecule has 25 heavy (non-hydrogen) atoms. The van der Waals surface area contributed by atoms with Gasteiger partial charge in [-0.2, -0.15) is 0 Å². The molecule has 0 aromatic heterocycles. The molecule has 2 atom stereocenters. The van der Waals surface area contributed by atoms with Crippen molar-refractivity contribution in [3.8, 4) is 5.75 Å². The van der Waals surface area contributed by atoms with Gasteiger partial charge in [0.05, 0.1) is 6.10 Å². The van der Waals surface area contributed by atoms with E-state index in [0.29, 0.717) is 18.1 Å². The Morgan fingerprint density at radius 1 is 1.24 bits per heavy atom. The first-order valence-electron chi connectivity index (χ1n) is 9.14. The highest BCUT2D eigenvalue weighted by Crippen LogP contribution is 2.17. The average molecular weight is 369 g/mol. The Balaban J connectivity index is 0.00000225. The maximum absolute atomic E-state index is 12.2. The monoisotopic (exact) mass is 368 g/mol. The second kappa shape index (κ2) is 10.6. The van der Waals surface area contributed by atoms with Gasteiger partial charge < -0.3 is 20.1 Å². The van der Waals surface area contributed by atoms with E-state index in [9.17, 15) is 4.79 Å². The first-order chi connectivity index (χ1) is 11.8. The van der Waals surface area contributed by atoms with Gasteiger partial charge in [0.2, 0.25) is 0 Å². The Bertz CT molecular complexity index is 512. The van der Waals surface area contributed by atoms with Crippen LogP contribution in [0.15, 0.2) is 24.3 Å². The predicted molar refractivity (Wildman–Crippen MR) is 101 cm³/mol. The molecule has 2 aliphatic heterocycles. The van der Waals surface area contributed by atoms with E-state index in [1.807, 2.05) is 24.3 Å². The smallest absolute Gasteiger partial charge is 0.251 e. The number of nitrogens with one attached hydrogen (secondary N) is 2. The fraction of sp³-hybridized carbons (Fsp3) is 0.632. The van der Waals surface area contributed by atoms with Gasteiger partial charge in [0, 0.05) is 18.7 Å². The first-order valence-corrected chi connectivity index (χ1v) is 9.14. The van der Waals surface area contributed by atoms with Crippen LogP contribution in [0, 0.1) is 5.92 Å². The molecule has 2 saturated heterocycles. The number of carbonyl (C=O) groups is 1. The second-order valence-corrected chi connectivity index (χ2v) is 6.73. The number of rotatable bonds is 7. The van der Waals surface area contributed by atoms with Gasteiger partial charge in [0.1, 0.15) is 12.4 Å². The molecule has 0 aliphatic carbocycles. The zero-order valence-electron chi connectivity index (χ0n) is 14.7. The Morgan fingerprint density at radius 3 is 2.76 bits per heavy atom. The van der Waals surface area contributed by atoms with Crippen molar-refractivity contribution in [1.29, 1.82) is 0 Å². The van der Waals surface area contributed by atoms with Crippen molar-refractivity contribution in [2.75, 3.05) is 32.8 Å². The third kappa shape index (κ3) is 6.49. The van der Waals surface area contributed by atoms with Crippen molar-refractivity contribution in [3.05, 3.63) is 29.8 Å². The number of amides is 1. The van der Waals surface area contributed by atoms with Gasteiger partial charge in [-0.05, 0) is 75.4 Å². The number of carbonyl (C=O) groups excluding carboxylic acids is 1. The van der Waals surface area contributed by atoms with Crippen molar-refractivity contribution in [2.45, 2.75) is 38.2 Å². The Hall–Kier alpha value is -1.30. The standard InChI is InChI=1S/C19H28N2O3.ClH/c22-19(21-11-9-15-3-1-10-20-13-15)16-5-7-17(8-6-16)24-14-18-4-2-12-23-18;/h5-8,15,18,20H,1-4,9-14H2,(H,21,22);1H. The topological polar surface area (TPSA) is 59.6 Å². The van der Waals surface area contributed by atoms with Gasteiger partial charge in [-0.1, -0.05) is 0 Å². The van der Waals surface area contributed by atoms with E-state index in [0.717, 1.165) is 51.3 Å². The molecule has 0 bridgehead atoms. The highest BCUT2D eigenvalue weighted by molar-refractivity contribution is 5.94. The molecular formula is C19H29ClN2O3. The third-order valence-electron chi connectivity index (χ3n) is 4.81. The number of halogens is 1. The minimum absolute atomic E-state index is 0. The van der Waals surface area contributed by atoms with Gasteiger partial charge in [-0.3, -0.25) is 4.79 Å². The maximum Gasteiger partial charge on any atom is 0.251 e. The lowest BCUT2D eigenvalue weighted by molar-refractivity contribution is 0.0679. The fourth-order valence-corrected chi connectivity index (χ4v) is 3.33. The highest BCUT2D eigenvalue weighted by atomic mass is 35.5. The molecule has 2 N–H and O–H groups in total. The van der Waals surface area contributed by atoms with Crippen molar-refractivity contribution >= 4 is 18.3 Å². The van der Waals surface area contributed by atoms with Crippen molar-refractivity contribution < 1.29 is 14.3 Å². The van der Waals surface area contributed by atoms with Gasteiger partial charge in [0.15, 0.2) is 0 Å². The van der Waals surface area contributed by atoms with Crippen LogP contribution in [0.25, 0.3) is 0 Å². The lowest BCUT2D eigenvalue weighted by Gasteiger charge is -2.22. The van der Waals surface area contributed by atoms with E-state index in [-0.39, 0.29) is 24.4 Å². The van der Waals surface area contributed by atoms with E-state index in [1.54, 1.807) is 0 Å². The van der Waals surface area contributed by atoms with Crippen LogP contribution in [-0.4, -0.2) is 44.9 Å². The summed E-state index contributed by atoms with van der Waals surface area (Å²) in [5.74, 6) is 1.47. The number of benzene rings is 1. The Kier molecular flexibility index (Phi) is 8.52. The minimum Gasteiger partial charge on any atom is -0.491 e. The molecule has 2 unspecified atom stereocenters. The summed E-state index contributed by atoms with van der Waals surface area (Å²) < 4.78 is 11.3. The Morgan fingerprint density at radius 2 is 2.08 bits per heavy atom. The number of piperidine rings is 1. The number of hydrogen-bond acceptors (Lipinski definition) is 4. The molecule has 2 fully saturated rings. The molecule has 140 valence electrons. The summed E-state index contributed by atoms with van der Waals surface area (Å²) >= 11 is 0. The van der Waals surface area contributed by atoms with Gasteiger partial charge in [-0.25, -0.2) is 0 Å². The van der Waals surface area contributed by atoms with Crippen molar-refractivity contribution in [2.24, 2.45) is 5.92 Å². The van der Waals surface area contributed by atoms with Crippen LogP contribution in [0.3, 0.4) is 0 Å². The summed E-state index contributed by atoms with van der Waals surface area (Å²) in [6.07, 6.45) is 5.94. The molecule has 6 heteroatoms. The minimum atomic E-state index is -0.00977. The van der Waals surface area contributed by atoms with Crippen molar-refractivity contribution in [1.82, 2.24) is 10.6 Å². The average Bonchev–Trinajstić information content (AvgIpc) is 3.15. The number of ether oxygens (including phenoxy) is 2. The predicted octanol–water partition coefficient (Wildman–Crippen LogP) is 2.79.